The largest absolute Gasteiger partial charge is 0.490 e. The normalized spacial score (nSPS) is 13.3. The molecule has 1 aromatic heterocycles. The van der Waals surface area contributed by atoms with Crippen molar-refractivity contribution in [1.82, 2.24) is 5.32 Å². The number of ether oxygens (including phenoxy) is 2. The molecule has 7 heteroatoms. The van der Waals surface area contributed by atoms with Gasteiger partial charge in [0.05, 0.1) is 37.0 Å². The van der Waals surface area contributed by atoms with Gasteiger partial charge in [-0.1, -0.05) is 17.7 Å². The summed E-state index contributed by atoms with van der Waals surface area (Å²) >= 11 is 7.84. The first-order valence-corrected chi connectivity index (χ1v) is 8.60. The molecule has 1 aromatic carbocycles. The number of benzene rings is 1. The summed E-state index contributed by atoms with van der Waals surface area (Å²) in [7, 11) is 0. The average molecular weight is 353 g/mol. The summed E-state index contributed by atoms with van der Waals surface area (Å²) < 4.78 is 11.2. The molecule has 2 heterocycles. The second kappa shape index (κ2) is 7.57. The first-order chi connectivity index (χ1) is 11.2. The summed E-state index contributed by atoms with van der Waals surface area (Å²) in [5, 5.41) is 8.38. The number of anilines is 1. The first-order valence-electron chi connectivity index (χ1n) is 7.34. The smallest absolute Gasteiger partial charge is 0.239 e. The van der Waals surface area contributed by atoms with Crippen LogP contribution < -0.4 is 20.1 Å². The van der Waals surface area contributed by atoms with Gasteiger partial charge >= 0.3 is 0 Å². The van der Waals surface area contributed by atoms with Crippen LogP contribution in [0.3, 0.4) is 0 Å². The molecule has 0 aliphatic carbocycles. The molecule has 0 atom stereocenters. The molecule has 0 saturated heterocycles. The van der Waals surface area contributed by atoms with Crippen molar-refractivity contribution in [2.45, 2.75) is 13.0 Å². The SMILES string of the molecule is O=C(CNc1cc2c(cc1Cl)OCCCO2)NCc1cccs1. The molecule has 2 aromatic rings. The molecular weight excluding hydrogens is 336 g/mol. The third kappa shape index (κ3) is 4.30. The minimum Gasteiger partial charge on any atom is -0.490 e. The predicted molar refractivity (Wildman–Crippen MR) is 91.7 cm³/mol. The van der Waals surface area contributed by atoms with Crippen molar-refractivity contribution in [3.63, 3.8) is 0 Å². The van der Waals surface area contributed by atoms with Gasteiger partial charge in [-0.3, -0.25) is 4.79 Å². The predicted octanol–water partition coefficient (Wildman–Crippen LogP) is 3.29. The Labute approximate surface area is 143 Å². The van der Waals surface area contributed by atoms with Crippen molar-refractivity contribution in [2.75, 3.05) is 25.1 Å². The summed E-state index contributed by atoms with van der Waals surface area (Å²) in [6, 6.07) is 7.44. The molecule has 1 amide bonds. The number of fused-ring (bicyclic) bond motifs is 1. The fraction of sp³-hybridized carbons (Fsp3) is 0.312. The van der Waals surface area contributed by atoms with Gasteiger partial charge in [0, 0.05) is 23.4 Å². The summed E-state index contributed by atoms with van der Waals surface area (Å²) in [6.45, 7) is 1.90. The van der Waals surface area contributed by atoms with Gasteiger partial charge in [0.25, 0.3) is 0 Å². The number of hydrogen-bond acceptors (Lipinski definition) is 5. The van der Waals surface area contributed by atoms with Crippen LogP contribution in [0.1, 0.15) is 11.3 Å². The van der Waals surface area contributed by atoms with Crippen LogP contribution in [0, 0.1) is 0 Å². The highest BCUT2D eigenvalue weighted by Crippen LogP contribution is 2.37. The van der Waals surface area contributed by atoms with Gasteiger partial charge in [0.1, 0.15) is 0 Å². The molecule has 0 bridgehead atoms. The van der Waals surface area contributed by atoms with E-state index in [1.54, 1.807) is 23.5 Å². The van der Waals surface area contributed by atoms with E-state index in [0.717, 1.165) is 11.3 Å². The maximum Gasteiger partial charge on any atom is 0.239 e. The van der Waals surface area contributed by atoms with E-state index in [0.29, 0.717) is 42.0 Å². The molecule has 5 nitrogen and oxygen atoms in total. The molecule has 122 valence electrons. The number of carbonyl (C=O) groups excluding carboxylic acids is 1. The fourth-order valence-corrected chi connectivity index (χ4v) is 3.02. The lowest BCUT2D eigenvalue weighted by Gasteiger charge is -2.13. The Balaban J connectivity index is 1.57. The number of halogens is 1. The first kappa shape index (κ1) is 16.0. The van der Waals surface area contributed by atoms with Gasteiger partial charge in [-0.15, -0.1) is 11.3 Å². The van der Waals surface area contributed by atoms with Crippen molar-refractivity contribution in [3.8, 4) is 11.5 Å². The van der Waals surface area contributed by atoms with Crippen LogP contribution in [0.15, 0.2) is 29.6 Å². The average Bonchev–Trinajstić information content (AvgIpc) is 2.96. The maximum atomic E-state index is 11.9. The molecule has 3 rings (SSSR count). The molecule has 0 saturated carbocycles. The number of carbonyl (C=O) groups is 1. The van der Waals surface area contributed by atoms with Gasteiger partial charge in [-0.2, -0.15) is 0 Å². The number of hydrogen-bond donors (Lipinski definition) is 2. The lowest BCUT2D eigenvalue weighted by molar-refractivity contribution is -0.119. The highest BCUT2D eigenvalue weighted by atomic mass is 35.5. The molecule has 1 aliphatic heterocycles. The Hall–Kier alpha value is -1.92. The van der Waals surface area contributed by atoms with Gasteiger partial charge < -0.3 is 20.1 Å². The Kier molecular flexibility index (Phi) is 5.25. The topological polar surface area (TPSA) is 59.6 Å². The molecular formula is C16H17ClN2O3S. The molecule has 0 spiro atoms. The number of rotatable bonds is 5. The number of amides is 1. The standard InChI is InChI=1S/C16H17ClN2O3S/c17-12-7-14-15(22-5-2-4-21-14)8-13(12)18-10-16(20)19-9-11-3-1-6-23-11/h1,3,6-8,18H,2,4-5,9-10H2,(H,19,20). The van der Waals surface area contributed by atoms with Gasteiger partial charge in [0.2, 0.25) is 5.91 Å². The van der Waals surface area contributed by atoms with Crippen molar-refractivity contribution in [2.24, 2.45) is 0 Å². The van der Waals surface area contributed by atoms with Crippen LogP contribution in [0.2, 0.25) is 5.02 Å². The van der Waals surface area contributed by atoms with E-state index >= 15 is 0 Å². The quantitative estimate of drug-likeness (QED) is 0.867. The van der Waals surface area contributed by atoms with E-state index < -0.39 is 0 Å². The van der Waals surface area contributed by atoms with Crippen LogP contribution in [-0.2, 0) is 11.3 Å². The zero-order chi connectivity index (χ0) is 16.1. The van der Waals surface area contributed by atoms with E-state index in [9.17, 15) is 4.79 Å². The minimum atomic E-state index is -0.0958. The van der Waals surface area contributed by atoms with Crippen molar-refractivity contribution < 1.29 is 14.3 Å². The molecule has 23 heavy (non-hydrogen) atoms. The van der Waals surface area contributed by atoms with Crippen LogP contribution in [-0.4, -0.2) is 25.7 Å². The zero-order valence-corrected chi connectivity index (χ0v) is 14.0. The molecule has 0 unspecified atom stereocenters. The highest BCUT2D eigenvalue weighted by Gasteiger charge is 2.14. The van der Waals surface area contributed by atoms with Crippen molar-refractivity contribution in [1.29, 1.82) is 0 Å². The highest BCUT2D eigenvalue weighted by molar-refractivity contribution is 7.09. The zero-order valence-electron chi connectivity index (χ0n) is 12.4. The second-order valence-corrected chi connectivity index (χ2v) is 6.48. The van der Waals surface area contributed by atoms with E-state index in [-0.39, 0.29) is 12.5 Å². The van der Waals surface area contributed by atoms with Crippen LogP contribution in [0.5, 0.6) is 11.5 Å². The van der Waals surface area contributed by atoms with Gasteiger partial charge in [-0.25, -0.2) is 0 Å². The van der Waals surface area contributed by atoms with Crippen molar-refractivity contribution in [3.05, 3.63) is 39.5 Å². The summed E-state index contributed by atoms with van der Waals surface area (Å²) in [6.07, 6.45) is 0.834. The van der Waals surface area contributed by atoms with Crippen LogP contribution in [0.25, 0.3) is 0 Å². The minimum absolute atomic E-state index is 0.0958. The molecule has 0 radical (unpaired) electrons. The second-order valence-electron chi connectivity index (χ2n) is 5.04. The van der Waals surface area contributed by atoms with E-state index in [1.807, 2.05) is 17.5 Å². The van der Waals surface area contributed by atoms with E-state index in [2.05, 4.69) is 10.6 Å². The van der Waals surface area contributed by atoms with E-state index in [4.69, 9.17) is 21.1 Å². The molecule has 1 aliphatic rings. The number of nitrogens with one attached hydrogen (secondary N) is 2. The molecule has 2 N–H and O–H groups in total. The third-order valence-corrected chi connectivity index (χ3v) is 4.51. The summed E-state index contributed by atoms with van der Waals surface area (Å²) in [5.41, 5.74) is 0.655. The van der Waals surface area contributed by atoms with Crippen LogP contribution >= 0.6 is 22.9 Å². The number of thiophene rings is 1. The summed E-state index contributed by atoms with van der Waals surface area (Å²) in [5.74, 6) is 1.19. The Morgan fingerprint density at radius 3 is 2.78 bits per heavy atom. The van der Waals surface area contributed by atoms with Crippen LogP contribution in [0.4, 0.5) is 5.69 Å². The Morgan fingerprint density at radius 2 is 2.04 bits per heavy atom. The van der Waals surface area contributed by atoms with Gasteiger partial charge in [0.15, 0.2) is 11.5 Å². The Morgan fingerprint density at radius 1 is 1.26 bits per heavy atom. The maximum absolute atomic E-state index is 11.9. The lowest BCUT2D eigenvalue weighted by atomic mass is 10.2. The van der Waals surface area contributed by atoms with E-state index in [1.165, 1.54) is 0 Å². The lowest BCUT2D eigenvalue weighted by Crippen LogP contribution is -2.29. The monoisotopic (exact) mass is 352 g/mol. The fourth-order valence-electron chi connectivity index (χ4n) is 2.16. The third-order valence-electron chi connectivity index (χ3n) is 3.32. The Bertz CT molecular complexity index is 676. The molecule has 0 fully saturated rings. The van der Waals surface area contributed by atoms with Crippen molar-refractivity contribution >= 4 is 34.5 Å². The van der Waals surface area contributed by atoms with Gasteiger partial charge in [-0.05, 0) is 11.4 Å². The summed E-state index contributed by atoms with van der Waals surface area (Å²) in [4.78, 5) is 13.0.